The number of carbonyl (C=O) groups is 3. The molecular formula is C16H30NO10P. The standard InChI is InChI=1S/C16H30NO10P/c1-3-5-6-7-8-15(20)25-9-12(18)10-26-28(23,24)27-11-13(16(21)22)17-14(19)4-2/h12-13,18H,3-11H2,1-2H3,(H,17,19)(H,21,22)(H,23,24). The van der Waals surface area contributed by atoms with Crippen molar-refractivity contribution in [2.75, 3.05) is 19.8 Å². The van der Waals surface area contributed by atoms with Gasteiger partial charge in [-0.1, -0.05) is 33.1 Å². The number of amides is 1. The van der Waals surface area contributed by atoms with Gasteiger partial charge in [-0.25, -0.2) is 9.36 Å². The summed E-state index contributed by atoms with van der Waals surface area (Å²) in [6.45, 7) is 1.65. The summed E-state index contributed by atoms with van der Waals surface area (Å²) in [6, 6.07) is -1.53. The lowest BCUT2D eigenvalue weighted by molar-refractivity contribution is -0.147. The highest BCUT2D eigenvalue weighted by Crippen LogP contribution is 2.43. The smallest absolute Gasteiger partial charge is 0.472 e. The molecule has 28 heavy (non-hydrogen) atoms. The van der Waals surface area contributed by atoms with Crippen molar-refractivity contribution in [3.05, 3.63) is 0 Å². The van der Waals surface area contributed by atoms with E-state index in [0.717, 1.165) is 19.3 Å². The molecule has 0 aliphatic rings. The largest absolute Gasteiger partial charge is 0.480 e. The van der Waals surface area contributed by atoms with Crippen molar-refractivity contribution >= 4 is 25.7 Å². The number of phosphoric ester groups is 1. The molecule has 0 heterocycles. The lowest BCUT2D eigenvalue weighted by Gasteiger charge is -2.18. The van der Waals surface area contributed by atoms with E-state index in [0.29, 0.717) is 6.42 Å². The van der Waals surface area contributed by atoms with E-state index in [1.165, 1.54) is 6.92 Å². The van der Waals surface area contributed by atoms with Crippen molar-refractivity contribution in [2.45, 2.75) is 64.5 Å². The van der Waals surface area contributed by atoms with Gasteiger partial charge in [-0.05, 0) is 6.42 Å². The minimum atomic E-state index is -4.68. The molecule has 0 fully saturated rings. The predicted molar refractivity (Wildman–Crippen MR) is 97.3 cm³/mol. The van der Waals surface area contributed by atoms with E-state index in [2.05, 4.69) is 14.4 Å². The SMILES string of the molecule is CCCCCCC(=O)OCC(O)COP(=O)(O)OCC(NC(=O)CC)C(=O)O. The number of aliphatic hydroxyl groups excluding tert-OH is 1. The molecule has 0 aromatic heterocycles. The maximum Gasteiger partial charge on any atom is 0.472 e. The Morgan fingerprint density at radius 1 is 1.04 bits per heavy atom. The fraction of sp³-hybridized carbons (Fsp3) is 0.812. The molecular weight excluding hydrogens is 397 g/mol. The Labute approximate surface area is 164 Å². The molecule has 0 aliphatic carbocycles. The molecule has 0 saturated carbocycles. The van der Waals surface area contributed by atoms with Crippen molar-refractivity contribution in [3.63, 3.8) is 0 Å². The summed E-state index contributed by atoms with van der Waals surface area (Å²) in [7, 11) is -4.68. The molecule has 3 atom stereocenters. The second-order valence-corrected chi connectivity index (χ2v) is 7.47. The van der Waals surface area contributed by atoms with Crippen LogP contribution >= 0.6 is 7.82 Å². The van der Waals surface area contributed by atoms with Crippen LogP contribution in [0.5, 0.6) is 0 Å². The third kappa shape index (κ3) is 13.6. The monoisotopic (exact) mass is 427 g/mol. The first-order valence-corrected chi connectivity index (χ1v) is 10.6. The number of carboxylic acid groups (broad SMARTS) is 1. The number of aliphatic hydroxyl groups is 1. The van der Waals surface area contributed by atoms with Gasteiger partial charge in [-0.2, -0.15) is 0 Å². The number of aliphatic carboxylic acids is 1. The average Bonchev–Trinajstić information content (AvgIpc) is 2.64. The quantitative estimate of drug-likeness (QED) is 0.158. The van der Waals surface area contributed by atoms with E-state index in [4.69, 9.17) is 9.84 Å². The van der Waals surface area contributed by atoms with Gasteiger partial charge in [0.15, 0.2) is 6.04 Å². The normalized spacial score (nSPS) is 15.3. The van der Waals surface area contributed by atoms with E-state index in [-0.39, 0.29) is 12.8 Å². The zero-order valence-electron chi connectivity index (χ0n) is 16.2. The van der Waals surface area contributed by atoms with Gasteiger partial charge in [0, 0.05) is 12.8 Å². The first kappa shape index (κ1) is 26.5. The summed E-state index contributed by atoms with van der Waals surface area (Å²) in [4.78, 5) is 43.2. The minimum Gasteiger partial charge on any atom is -0.480 e. The van der Waals surface area contributed by atoms with Crippen LogP contribution in [0.1, 0.15) is 52.4 Å². The molecule has 0 bridgehead atoms. The number of phosphoric acid groups is 1. The van der Waals surface area contributed by atoms with Crippen molar-refractivity contribution in [3.8, 4) is 0 Å². The molecule has 0 aromatic carbocycles. The number of hydrogen-bond donors (Lipinski definition) is 4. The number of rotatable bonds is 16. The summed E-state index contributed by atoms with van der Waals surface area (Å²) in [5, 5.41) is 20.7. The molecule has 3 unspecified atom stereocenters. The molecule has 11 nitrogen and oxygen atoms in total. The van der Waals surface area contributed by atoms with Crippen molar-refractivity contribution in [1.29, 1.82) is 0 Å². The molecule has 0 radical (unpaired) electrons. The van der Waals surface area contributed by atoms with Gasteiger partial charge < -0.3 is 25.2 Å². The Kier molecular flexibility index (Phi) is 13.7. The zero-order valence-corrected chi connectivity index (χ0v) is 17.1. The topological polar surface area (TPSA) is 169 Å². The Bertz CT molecular complexity index is 542. The zero-order chi connectivity index (χ0) is 21.6. The maximum absolute atomic E-state index is 11.7. The van der Waals surface area contributed by atoms with Crippen LogP contribution < -0.4 is 5.32 Å². The maximum atomic E-state index is 11.7. The van der Waals surface area contributed by atoms with Gasteiger partial charge in [0.05, 0.1) is 13.2 Å². The molecule has 12 heteroatoms. The Morgan fingerprint density at radius 2 is 1.68 bits per heavy atom. The van der Waals surface area contributed by atoms with Crippen LogP contribution in [-0.4, -0.2) is 64.9 Å². The summed E-state index contributed by atoms with van der Waals surface area (Å²) in [6.07, 6.45) is 2.51. The van der Waals surface area contributed by atoms with Gasteiger partial charge in [0.25, 0.3) is 0 Å². The highest BCUT2D eigenvalue weighted by atomic mass is 31.2. The molecule has 0 rings (SSSR count). The average molecular weight is 427 g/mol. The van der Waals surface area contributed by atoms with Gasteiger partial charge in [-0.3, -0.25) is 18.6 Å². The Balaban J connectivity index is 4.18. The van der Waals surface area contributed by atoms with Crippen molar-refractivity contribution in [2.24, 2.45) is 0 Å². The highest BCUT2D eigenvalue weighted by molar-refractivity contribution is 7.47. The van der Waals surface area contributed by atoms with E-state index in [1.54, 1.807) is 0 Å². The van der Waals surface area contributed by atoms with Crippen molar-refractivity contribution in [1.82, 2.24) is 5.32 Å². The Hall–Kier alpha value is -1.52. The van der Waals surface area contributed by atoms with E-state index in [9.17, 15) is 28.9 Å². The van der Waals surface area contributed by atoms with Gasteiger partial charge >= 0.3 is 19.8 Å². The first-order valence-electron chi connectivity index (χ1n) is 9.09. The first-order chi connectivity index (χ1) is 13.1. The highest BCUT2D eigenvalue weighted by Gasteiger charge is 2.28. The number of carbonyl (C=O) groups excluding carboxylic acids is 2. The summed E-state index contributed by atoms with van der Waals surface area (Å²) in [5.74, 6) is -2.51. The number of carboxylic acids is 1. The fourth-order valence-electron chi connectivity index (χ4n) is 1.86. The molecule has 0 aliphatic heterocycles. The molecule has 0 saturated heterocycles. The van der Waals surface area contributed by atoms with Gasteiger partial charge in [0.2, 0.25) is 5.91 Å². The van der Waals surface area contributed by atoms with Crippen LogP contribution in [0.3, 0.4) is 0 Å². The van der Waals surface area contributed by atoms with Crippen LogP contribution in [0.15, 0.2) is 0 Å². The third-order valence-corrected chi connectivity index (χ3v) is 4.41. The molecule has 4 N–H and O–H groups in total. The molecule has 1 amide bonds. The number of unbranched alkanes of at least 4 members (excludes halogenated alkanes) is 3. The summed E-state index contributed by atoms with van der Waals surface area (Å²) in [5.41, 5.74) is 0. The second-order valence-electron chi connectivity index (χ2n) is 6.02. The lowest BCUT2D eigenvalue weighted by atomic mass is 10.2. The van der Waals surface area contributed by atoms with Crippen molar-refractivity contribution < 1.29 is 47.8 Å². The molecule has 0 spiro atoms. The van der Waals surface area contributed by atoms with E-state index in [1.807, 2.05) is 6.92 Å². The molecule has 0 aromatic rings. The molecule has 164 valence electrons. The number of ether oxygens (including phenoxy) is 1. The van der Waals surface area contributed by atoms with Gasteiger partial charge in [0.1, 0.15) is 12.7 Å². The van der Waals surface area contributed by atoms with Crippen LogP contribution in [0, 0.1) is 0 Å². The lowest BCUT2D eigenvalue weighted by Crippen LogP contribution is -2.43. The van der Waals surface area contributed by atoms with E-state index < -0.39 is 57.6 Å². The number of nitrogens with one attached hydrogen (secondary N) is 1. The Morgan fingerprint density at radius 3 is 2.25 bits per heavy atom. The number of esters is 1. The fourth-order valence-corrected chi connectivity index (χ4v) is 2.64. The summed E-state index contributed by atoms with van der Waals surface area (Å²) < 4.78 is 25.6. The predicted octanol–water partition coefficient (Wildman–Crippen LogP) is 0.974. The minimum absolute atomic E-state index is 0.0284. The van der Waals surface area contributed by atoms with Gasteiger partial charge in [-0.15, -0.1) is 0 Å². The summed E-state index contributed by atoms with van der Waals surface area (Å²) >= 11 is 0. The van der Waals surface area contributed by atoms with Crippen LogP contribution in [0.25, 0.3) is 0 Å². The van der Waals surface area contributed by atoms with Crippen LogP contribution in [0.2, 0.25) is 0 Å². The number of hydrogen-bond acceptors (Lipinski definition) is 8. The van der Waals surface area contributed by atoms with Crippen LogP contribution in [-0.2, 0) is 32.7 Å². The van der Waals surface area contributed by atoms with E-state index >= 15 is 0 Å². The third-order valence-electron chi connectivity index (χ3n) is 3.46. The second kappa shape index (κ2) is 14.5. The van der Waals surface area contributed by atoms with Crippen LogP contribution in [0.4, 0.5) is 0 Å².